The van der Waals surface area contributed by atoms with Gasteiger partial charge in [-0.3, -0.25) is 4.79 Å². The lowest BCUT2D eigenvalue weighted by Crippen LogP contribution is -2.12. The topological polar surface area (TPSA) is 26.3 Å². The van der Waals surface area contributed by atoms with Crippen molar-refractivity contribution in [3.8, 4) is 5.75 Å². The summed E-state index contributed by atoms with van der Waals surface area (Å²) in [7, 11) is 0. The Morgan fingerprint density at radius 3 is 2.47 bits per heavy atom. The second kappa shape index (κ2) is 7.32. The number of benzene rings is 1. The first-order chi connectivity index (χ1) is 9.29. The van der Waals surface area contributed by atoms with Crippen LogP contribution in [0.25, 0.3) is 0 Å². The van der Waals surface area contributed by atoms with Crippen LogP contribution < -0.4 is 4.74 Å². The van der Waals surface area contributed by atoms with Crippen molar-refractivity contribution >= 4 is 5.78 Å². The number of hydrogen-bond acceptors (Lipinski definition) is 2. The minimum Gasteiger partial charge on any atom is -0.494 e. The van der Waals surface area contributed by atoms with E-state index >= 15 is 0 Å². The highest BCUT2D eigenvalue weighted by molar-refractivity contribution is 5.96. The molecule has 0 aromatic heterocycles. The zero-order valence-electron chi connectivity index (χ0n) is 11.9. The maximum absolute atomic E-state index is 12.2. The molecule has 0 spiro atoms. The van der Waals surface area contributed by atoms with E-state index in [2.05, 4.69) is 6.92 Å². The molecule has 1 aliphatic carbocycles. The first-order valence-electron chi connectivity index (χ1n) is 7.55. The molecule has 2 heteroatoms. The summed E-state index contributed by atoms with van der Waals surface area (Å²) >= 11 is 0. The van der Waals surface area contributed by atoms with Crippen LogP contribution in [0.5, 0.6) is 5.75 Å². The number of carbonyl (C=O) groups excluding carboxylic acids is 1. The quantitative estimate of drug-likeness (QED) is 0.697. The summed E-state index contributed by atoms with van der Waals surface area (Å²) in [5.74, 6) is 1.75. The summed E-state index contributed by atoms with van der Waals surface area (Å²) in [6.45, 7) is 2.82. The highest BCUT2D eigenvalue weighted by Crippen LogP contribution is 2.27. The molecule has 1 saturated carbocycles. The minimum atomic E-state index is 0.286. The number of Topliss-reactive ketones (excluding diaryl/α,β-unsaturated/α-hetero) is 1. The van der Waals surface area contributed by atoms with Crippen molar-refractivity contribution in [2.75, 3.05) is 6.61 Å². The van der Waals surface area contributed by atoms with E-state index in [1.165, 1.54) is 32.1 Å². The van der Waals surface area contributed by atoms with Crippen LogP contribution in [0.3, 0.4) is 0 Å². The van der Waals surface area contributed by atoms with Crippen LogP contribution in [-0.2, 0) is 0 Å². The molecule has 1 fully saturated rings. The molecule has 2 nitrogen and oxygen atoms in total. The van der Waals surface area contributed by atoms with Crippen LogP contribution in [0.2, 0.25) is 0 Å². The van der Waals surface area contributed by atoms with E-state index in [0.717, 1.165) is 30.8 Å². The fraction of sp³-hybridized carbons (Fsp3) is 0.588. The number of ketones is 1. The van der Waals surface area contributed by atoms with E-state index in [1.54, 1.807) is 0 Å². The van der Waals surface area contributed by atoms with Crippen LogP contribution in [0, 0.1) is 5.92 Å². The second-order valence-corrected chi connectivity index (χ2v) is 5.50. The molecule has 2 rings (SSSR count). The number of ether oxygens (including phenoxy) is 1. The van der Waals surface area contributed by atoms with Crippen LogP contribution in [0.4, 0.5) is 0 Å². The Balaban J connectivity index is 1.87. The summed E-state index contributed by atoms with van der Waals surface area (Å²) in [5.41, 5.74) is 0.828. The Bertz CT molecular complexity index is 388. The molecular formula is C17H24O2. The molecule has 0 saturated heterocycles. The predicted octanol–water partition coefficient (Wildman–Crippen LogP) is 4.63. The summed E-state index contributed by atoms with van der Waals surface area (Å²) in [4.78, 5) is 12.2. The summed E-state index contributed by atoms with van der Waals surface area (Å²) < 4.78 is 5.53. The molecule has 104 valence electrons. The average Bonchev–Trinajstić information content (AvgIpc) is 2.46. The molecule has 1 aliphatic rings. The Labute approximate surface area is 116 Å². The van der Waals surface area contributed by atoms with Crippen molar-refractivity contribution < 1.29 is 9.53 Å². The lowest BCUT2D eigenvalue weighted by Gasteiger charge is -2.20. The van der Waals surface area contributed by atoms with Crippen LogP contribution in [0.1, 0.15) is 62.2 Å². The third kappa shape index (κ3) is 4.38. The number of hydrogen-bond donors (Lipinski definition) is 0. The average molecular weight is 260 g/mol. The van der Waals surface area contributed by atoms with Crippen molar-refractivity contribution in [1.29, 1.82) is 0 Å². The standard InChI is InChI=1S/C17H24O2/c1-2-12-19-16-10-8-15(9-11-16)17(18)13-14-6-4-3-5-7-14/h8-11,14H,2-7,12-13H2,1H3. The van der Waals surface area contributed by atoms with Gasteiger partial charge in [-0.2, -0.15) is 0 Å². The van der Waals surface area contributed by atoms with E-state index in [4.69, 9.17) is 4.74 Å². The molecular weight excluding hydrogens is 236 g/mol. The molecule has 0 aliphatic heterocycles. The SMILES string of the molecule is CCCOc1ccc(C(=O)CC2CCCCC2)cc1. The zero-order chi connectivity index (χ0) is 13.5. The summed E-state index contributed by atoms with van der Waals surface area (Å²) in [6, 6.07) is 7.61. The lowest BCUT2D eigenvalue weighted by molar-refractivity contribution is 0.0950. The fourth-order valence-corrected chi connectivity index (χ4v) is 2.73. The van der Waals surface area contributed by atoms with Gasteiger partial charge in [0.15, 0.2) is 5.78 Å². The molecule has 0 amide bonds. The monoisotopic (exact) mass is 260 g/mol. The number of rotatable bonds is 6. The third-order valence-electron chi connectivity index (χ3n) is 3.85. The maximum Gasteiger partial charge on any atom is 0.163 e. The van der Waals surface area contributed by atoms with Crippen molar-refractivity contribution in [3.05, 3.63) is 29.8 Å². The van der Waals surface area contributed by atoms with E-state index < -0.39 is 0 Å². The van der Waals surface area contributed by atoms with Crippen molar-refractivity contribution in [2.45, 2.75) is 51.9 Å². The van der Waals surface area contributed by atoms with Gasteiger partial charge in [0.05, 0.1) is 6.61 Å². The molecule has 0 bridgehead atoms. The highest BCUT2D eigenvalue weighted by atomic mass is 16.5. The smallest absolute Gasteiger partial charge is 0.163 e. The first-order valence-corrected chi connectivity index (χ1v) is 7.55. The van der Waals surface area contributed by atoms with E-state index in [-0.39, 0.29) is 5.78 Å². The largest absolute Gasteiger partial charge is 0.494 e. The lowest BCUT2D eigenvalue weighted by atomic mass is 9.85. The molecule has 1 aromatic carbocycles. The van der Waals surface area contributed by atoms with Gasteiger partial charge in [-0.15, -0.1) is 0 Å². The van der Waals surface area contributed by atoms with E-state index in [9.17, 15) is 4.79 Å². The minimum absolute atomic E-state index is 0.286. The molecule has 0 N–H and O–H groups in total. The third-order valence-corrected chi connectivity index (χ3v) is 3.85. The molecule has 19 heavy (non-hydrogen) atoms. The van der Waals surface area contributed by atoms with Gasteiger partial charge >= 0.3 is 0 Å². The summed E-state index contributed by atoms with van der Waals surface area (Å²) in [6.07, 6.45) is 8.10. The fourth-order valence-electron chi connectivity index (χ4n) is 2.73. The Morgan fingerprint density at radius 1 is 1.16 bits per heavy atom. The van der Waals surface area contributed by atoms with Gasteiger partial charge in [-0.25, -0.2) is 0 Å². The van der Waals surface area contributed by atoms with E-state index in [1.807, 2.05) is 24.3 Å². The van der Waals surface area contributed by atoms with Gasteiger partial charge in [0.25, 0.3) is 0 Å². The molecule has 0 atom stereocenters. The van der Waals surface area contributed by atoms with Crippen LogP contribution in [0.15, 0.2) is 24.3 Å². The van der Waals surface area contributed by atoms with Gasteiger partial charge in [-0.05, 0) is 36.6 Å². The van der Waals surface area contributed by atoms with Crippen LogP contribution >= 0.6 is 0 Å². The van der Waals surface area contributed by atoms with Gasteiger partial charge < -0.3 is 4.74 Å². The highest BCUT2D eigenvalue weighted by Gasteiger charge is 2.17. The zero-order valence-corrected chi connectivity index (χ0v) is 11.9. The van der Waals surface area contributed by atoms with Gasteiger partial charge in [0, 0.05) is 12.0 Å². The summed E-state index contributed by atoms with van der Waals surface area (Å²) in [5, 5.41) is 0. The molecule has 1 aromatic rings. The maximum atomic E-state index is 12.2. The normalized spacial score (nSPS) is 16.3. The Morgan fingerprint density at radius 2 is 1.84 bits per heavy atom. The molecule has 0 unspecified atom stereocenters. The van der Waals surface area contributed by atoms with Gasteiger partial charge in [0.2, 0.25) is 0 Å². The molecule has 0 heterocycles. The van der Waals surface area contributed by atoms with E-state index in [0.29, 0.717) is 5.92 Å². The van der Waals surface area contributed by atoms with Gasteiger partial charge in [-0.1, -0.05) is 39.0 Å². The van der Waals surface area contributed by atoms with Crippen molar-refractivity contribution in [1.82, 2.24) is 0 Å². The second-order valence-electron chi connectivity index (χ2n) is 5.50. The Kier molecular flexibility index (Phi) is 5.44. The van der Waals surface area contributed by atoms with Crippen molar-refractivity contribution in [3.63, 3.8) is 0 Å². The first kappa shape index (κ1) is 14.1. The van der Waals surface area contributed by atoms with Gasteiger partial charge in [0.1, 0.15) is 5.75 Å². The molecule has 0 radical (unpaired) electrons. The predicted molar refractivity (Wildman–Crippen MR) is 77.8 cm³/mol. The van der Waals surface area contributed by atoms with Crippen molar-refractivity contribution in [2.24, 2.45) is 5.92 Å². The Hall–Kier alpha value is -1.31. The number of carbonyl (C=O) groups is 1. The van der Waals surface area contributed by atoms with Crippen LogP contribution in [-0.4, -0.2) is 12.4 Å².